The molecule has 54 valence electrons. The van der Waals surface area contributed by atoms with Gasteiger partial charge < -0.3 is 0 Å². The fourth-order valence-electron chi connectivity index (χ4n) is 1.26. The summed E-state index contributed by atoms with van der Waals surface area (Å²) in [6.45, 7) is 4.29. The Hall–Kier alpha value is -0.780. The molecule has 0 aromatic rings. The van der Waals surface area contributed by atoms with Crippen molar-refractivity contribution in [1.29, 1.82) is 0 Å². The van der Waals surface area contributed by atoms with Gasteiger partial charge in [-0.05, 0) is 30.9 Å². The Morgan fingerprint density at radius 2 is 2.40 bits per heavy atom. The van der Waals surface area contributed by atoms with E-state index in [1.807, 2.05) is 0 Å². The smallest absolute Gasteiger partial charge is 0.0160 e. The van der Waals surface area contributed by atoms with Crippen LogP contribution in [0.3, 0.4) is 0 Å². The molecule has 0 unspecified atom stereocenters. The molecule has 1 aliphatic rings. The zero-order valence-electron chi connectivity index (χ0n) is 6.72. The molecule has 0 saturated carbocycles. The lowest BCUT2D eigenvalue weighted by atomic mass is 9.98. The van der Waals surface area contributed by atoms with Crippen molar-refractivity contribution in [3.05, 3.63) is 35.5 Å². The van der Waals surface area contributed by atoms with Gasteiger partial charge in [-0.15, -0.1) is 0 Å². The summed E-state index contributed by atoms with van der Waals surface area (Å²) in [5.41, 5.74) is 2.89. The van der Waals surface area contributed by atoms with Crippen molar-refractivity contribution in [1.82, 2.24) is 0 Å². The molecule has 0 heteroatoms. The van der Waals surface area contributed by atoms with Crippen molar-refractivity contribution < 1.29 is 0 Å². The Morgan fingerprint density at radius 3 is 2.90 bits per heavy atom. The molecule has 0 saturated heterocycles. The third-order valence-electron chi connectivity index (χ3n) is 1.86. The SMILES string of the molecule is C/C=C1/C=CCC=C1CC. The second-order valence-electron chi connectivity index (χ2n) is 2.47. The summed E-state index contributed by atoms with van der Waals surface area (Å²) < 4.78 is 0. The van der Waals surface area contributed by atoms with Crippen LogP contribution >= 0.6 is 0 Å². The van der Waals surface area contributed by atoms with Gasteiger partial charge in [0.05, 0.1) is 0 Å². The second-order valence-corrected chi connectivity index (χ2v) is 2.47. The zero-order chi connectivity index (χ0) is 7.40. The van der Waals surface area contributed by atoms with E-state index < -0.39 is 0 Å². The summed E-state index contributed by atoms with van der Waals surface area (Å²) in [7, 11) is 0. The maximum Gasteiger partial charge on any atom is -0.0160 e. The Morgan fingerprint density at radius 1 is 1.60 bits per heavy atom. The van der Waals surface area contributed by atoms with E-state index in [0.29, 0.717) is 0 Å². The first kappa shape index (κ1) is 7.33. The molecule has 10 heavy (non-hydrogen) atoms. The van der Waals surface area contributed by atoms with Crippen LogP contribution in [0.5, 0.6) is 0 Å². The minimum Gasteiger partial charge on any atom is -0.0801 e. The molecule has 0 N–H and O–H groups in total. The van der Waals surface area contributed by atoms with Crippen LogP contribution in [0.4, 0.5) is 0 Å². The highest BCUT2D eigenvalue weighted by Crippen LogP contribution is 2.19. The third-order valence-corrected chi connectivity index (χ3v) is 1.86. The third kappa shape index (κ3) is 1.38. The minimum absolute atomic E-state index is 1.11. The second kappa shape index (κ2) is 3.40. The standard InChI is InChI=1S/C10H14/c1-3-9-7-5-6-8-10(9)4-2/h3,5,7-8H,4,6H2,1-2H3/b9-3-. The first-order valence-electron chi connectivity index (χ1n) is 3.90. The fraction of sp³-hybridized carbons (Fsp3) is 0.400. The lowest BCUT2D eigenvalue weighted by Crippen LogP contribution is -1.88. The van der Waals surface area contributed by atoms with Gasteiger partial charge in [-0.1, -0.05) is 31.2 Å². The van der Waals surface area contributed by atoms with Gasteiger partial charge >= 0.3 is 0 Å². The Bertz CT molecular complexity index is 192. The van der Waals surface area contributed by atoms with E-state index in [2.05, 4.69) is 38.2 Å². The molecule has 0 aliphatic heterocycles. The summed E-state index contributed by atoms with van der Waals surface area (Å²) in [5.74, 6) is 0. The molecule has 1 rings (SSSR count). The van der Waals surface area contributed by atoms with Crippen LogP contribution in [0.25, 0.3) is 0 Å². The van der Waals surface area contributed by atoms with Crippen molar-refractivity contribution in [3.8, 4) is 0 Å². The topological polar surface area (TPSA) is 0 Å². The maximum atomic E-state index is 2.30. The highest BCUT2D eigenvalue weighted by atomic mass is 14.1. The molecule has 0 bridgehead atoms. The quantitative estimate of drug-likeness (QED) is 0.516. The number of allylic oxidation sites excluding steroid dienone is 6. The summed E-state index contributed by atoms with van der Waals surface area (Å²) in [5, 5.41) is 0. The lowest BCUT2D eigenvalue weighted by Gasteiger charge is -2.08. The fourth-order valence-corrected chi connectivity index (χ4v) is 1.26. The van der Waals surface area contributed by atoms with E-state index in [9.17, 15) is 0 Å². The van der Waals surface area contributed by atoms with Crippen LogP contribution in [-0.2, 0) is 0 Å². The summed E-state index contributed by atoms with van der Waals surface area (Å²) in [6, 6.07) is 0. The van der Waals surface area contributed by atoms with Crippen molar-refractivity contribution in [2.45, 2.75) is 26.7 Å². The number of hydrogen-bond donors (Lipinski definition) is 0. The molecular formula is C10H14. The molecule has 0 spiro atoms. The van der Waals surface area contributed by atoms with Gasteiger partial charge in [-0.3, -0.25) is 0 Å². The van der Waals surface area contributed by atoms with Crippen LogP contribution in [0, 0.1) is 0 Å². The molecule has 0 aromatic heterocycles. The molecular weight excluding hydrogens is 120 g/mol. The average molecular weight is 134 g/mol. The zero-order valence-corrected chi connectivity index (χ0v) is 6.72. The van der Waals surface area contributed by atoms with Crippen LogP contribution in [-0.4, -0.2) is 0 Å². The van der Waals surface area contributed by atoms with E-state index in [4.69, 9.17) is 0 Å². The molecule has 0 nitrogen and oxygen atoms in total. The van der Waals surface area contributed by atoms with Crippen molar-refractivity contribution in [3.63, 3.8) is 0 Å². The summed E-state index contributed by atoms with van der Waals surface area (Å²) in [6.07, 6.45) is 11.2. The predicted molar refractivity (Wildman–Crippen MR) is 45.9 cm³/mol. The molecule has 0 heterocycles. The van der Waals surface area contributed by atoms with Crippen LogP contribution in [0.1, 0.15) is 26.7 Å². The average Bonchev–Trinajstić information content (AvgIpc) is 2.04. The van der Waals surface area contributed by atoms with Gasteiger partial charge in [0.15, 0.2) is 0 Å². The van der Waals surface area contributed by atoms with E-state index in [0.717, 1.165) is 12.8 Å². The highest BCUT2D eigenvalue weighted by Gasteiger charge is 2.00. The largest absolute Gasteiger partial charge is 0.0801 e. The Kier molecular flexibility index (Phi) is 2.49. The highest BCUT2D eigenvalue weighted by molar-refractivity contribution is 5.42. The molecule has 0 radical (unpaired) electrons. The van der Waals surface area contributed by atoms with Gasteiger partial charge in [0.25, 0.3) is 0 Å². The Balaban J connectivity index is 2.79. The number of rotatable bonds is 1. The van der Waals surface area contributed by atoms with Crippen molar-refractivity contribution in [2.75, 3.05) is 0 Å². The molecule has 0 amide bonds. The van der Waals surface area contributed by atoms with Gasteiger partial charge in [-0.2, -0.15) is 0 Å². The molecule has 0 atom stereocenters. The van der Waals surface area contributed by atoms with E-state index >= 15 is 0 Å². The maximum absolute atomic E-state index is 2.30. The summed E-state index contributed by atoms with van der Waals surface area (Å²) in [4.78, 5) is 0. The normalized spacial score (nSPS) is 21.4. The van der Waals surface area contributed by atoms with Gasteiger partial charge in [0.1, 0.15) is 0 Å². The monoisotopic (exact) mass is 134 g/mol. The lowest BCUT2D eigenvalue weighted by molar-refractivity contribution is 1.08. The van der Waals surface area contributed by atoms with E-state index in [-0.39, 0.29) is 0 Å². The van der Waals surface area contributed by atoms with Gasteiger partial charge in [0.2, 0.25) is 0 Å². The van der Waals surface area contributed by atoms with E-state index in [1.54, 1.807) is 0 Å². The summed E-state index contributed by atoms with van der Waals surface area (Å²) >= 11 is 0. The minimum atomic E-state index is 1.11. The predicted octanol–water partition coefficient (Wildman–Crippen LogP) is 3.23. The first-order valence-corrected chi connectivity index (χ1v) is 3.90. The first-order chi connectivity index (χ1) is 4.88. The number of hydrogen-bond acceptors (Lipinski definition) is 0. The Labute approximate surface area is 62.9 Å². The molecule has 0 aromatic carbocycles. The van der Waals surface area contributed by atoms with Crippen LogP contribution in [0.2, 0.25) is 0 Å². The van der Waals surface area contributed by atoms with Crippen molar-refractivity contribution >= 4 is 0 Å². The molecule has 0 fully saturated rings. The van der Waals surface area contributed by atoms with E-state index in [1.165, 1.54) is 11.1 Å². The van der Waals surface area contributed by atoms with Gasteiger partial charge in [0, 0.05) is 0 Å². The molecule has 1 aliphatic carbocycles. The van der Waals surface area contributed by atoms with Gasteiger partial charge in [-0.25, -0.2) is 0 Å². The van der Waals surface area contributed by atoms with Crippen molar-refractivity contribution in [2.24, 2.45) is 0 Å². The van der Waals surface area contributed by atoms with Crippen LogP contribution in [0.15, 0.2) is 35.5 Å². The van der Waals surface area contributed by atoms with Crippen LogP contribution < -0.4 is 0 Å².